The molecule has 1 spiro atoms. The van der Waals surface area contributed by atoms with Crippen molar-refractivity contribution in [1.82, 2.24) is 15.0 Å². The molecule has 1 aromatic heterocycles. The van der Waals surface area contributed by atoms with E-state index in [-0.39, 0.29) is 17.9 Å². The van der Waals surface area contributed by atoms with Crippen molar-refractivity contribution in [3.8, 4) is 0 Å². The van der Waals surface area contributed by atoms with Gasteiger partial charge >= 0.3 is 0 Å². The van der Waals surface area contributed by atoms with Gasteiger partial charge in [0.25, 0.3) is 0 Å². The highest BCUT2D eigenvalue weighted by molar-refractivity contribution is 5.93. The summed E-state index contributed by atoms with van der Waals surface area (Å²) in [6, 6.07) is 8.08. The molecule has 0 N–H and O–H groups in total. The molecule has 31 heavy (non-hydrogen) atoms. The van der Waals surface area contributed by atoms with Gasteiger partial charge in [0.1, 0.15) is 5.60 Å². The van der Waals surface area contributed by atoms with Crippen molar-refractivity contribution in [2.45, 2.75) is 45.6 Å². The zero-order valence-electron chi connectivity index (χ0n) is 18.3. The van der Waals surface area contributed by atoms with Crippen molar-refractivity contribution < 1.29 is 18.8 Å². The van der Waals surface area contributed by atoms with E-state index in [0.29, 0.717) is 25.4 Å². The van der Waals surface area contributed by atoms with E-state index < -0.39 is 17.4 Å². The average molecular weight is 421 g/mol. The molecule has 2 saturated heterocycles. The van der Waals surface area contributed by atoms with E-state index in [1.807, 2.05) is 30.0 Å². The number of hydrogen-bond donors (Lipinski definition) is 0. The first-order valence-corrected chi connectivity index (χ1v) is 10.7. The number of aromatic nitrogens is 1. The third-order valence-corrected chi connectivity index (χ3v) is 6.85. The summed E-state index contributed by atoms with van der Waals surface area (Å²) >= 11 is 0. The average Bonchev–Trinajstić information content (AvgIpc) is 3.46. The number of likely N-dealkylation sites (tertiary alicyclic amines) is 1. The SMILES string of the molecule is Cc1cc(CN(C)C(=O)C2C3C(=O)N(Cc4ccc(C)c(C)c4)C[C@@]34C=C[C@@H]2O4)on1. The van der Waals surface area contributed by atoms with Crippen LogP contribution in [0.25, 0.3) is 0 Å². The quantitative estimate of drug-likeness (QED) is 0.694. The number of carbonyl (C=O) groups excluding carboxylic acids is 2. The van der Waals surface area contributed by atoms with Gasteiger partial charge < -0.3 is 19.1 Å². The number of rotatable bonds is 5. The topological polar surface area (TPSA) is 75.9 Å². The molecule has 2 aromatic rings. The van der Waals surface area contributed by atoms with Crippen LogP contribution in [-0.4, -0.2) is 52.1 Å². The Kier molecular flexibility index (Phi) is 4.55. The molecule has 2 amide bonds. The highest BCUT2D eigenvalue weighted by Gasteiger charge is 2.67. The molecule has 3 aliphatic heterocycles. The van der Waals surface area contributed by atoms with Crippen LogP contribution in [0.4, 0.5) is 0 Å². The van der Waals surface area contributed by atoms with Gasteiger partial charge in [0.05, 0.1) is 36.7 Å². The lowest BCUT2D eigenvalue weighted by Gasteiger charge is -2.27. The summed E-state index contributed by atoms with van der Waals surface area (Å²) in [6.07, 6.45) is 3.58. The molecule has 2 bridgehead atoms. The van der Waals surface area contributed by atoms with Crippen LogP contribution < -0.4 is 0 Å². The van der Waals surface area contributed by atoms with Gasteiger partial charge in [0, 0.05) is 19.7 Å². The second-order valence-electron chi connectivity index (χ2n) is 9.14. The number of amides is 2. The van der Waals surface area contributed by atoms with Crippen molar-refractivity contribution in [2.24, 2.45) is 11.8 Å². The number of benzene rings is 1. The van der Waals surface area contributed by atoms with E-state index in [2.05, 4.69) is 37.2 Å². The fourth-order valence-electron chi connectivity index (χ4n) is 5.17. The highest BCUT2D eigenvalue weighted by atomic mass is 16.5. The van der Waals surface area contributed by atoms with E-state index in [1.54, 1.807) is 11.9 Å². The molecule has 3 aliphatic rings. The molecule has 4 atom stereocenters. The summed E-state index contributed by atoms with van der Waals surface area (Å²) in [4.78, 5) is 30.2. The van der Waals surface area contributed by atoms with E-state index in [1.165, 1.54) is 11.1 Å². The molecule has 0 saturated carbocycles. The number of ether oxygens (including phenoxy) is 1. The van der Waals surface area contributed by atoms with E-state index >= 15 is 0 Å². The zero-order valence-corrected chi connectivity index (χ0v) is 18.3. The maximum absolute atomic E-state index is 13.4. The van der Waals surface area contributed by atoms with Gasteiger partial charge in [-0.1, -0.05) is 35.5 Å². The molecule has 1 aromatic carbocycles. The fraction of sp³-hybridized carbons (Fsp3) is 0.458. The lowest BCUT2D eigenvalue weighted by atomic mass is 9.76. The highest BCUT2D eigenvalue weighted by Crippen LogP contribution is 2.52. The number of fused-ring (bicyclic) bond motifs is 1. The van der Waals surface area contributed by atoms with Gasteiger partial charge in [-0.15, -0.1) is 0 Å². The Bertz CT molecular complexity index is 1090. The second kappa shape index (κ2) is 7.05. The Morgan fingerprint density at radius 3 is 2.77 bits per heavy atom. The van der Waals surface area contributed by atoms with Crippen molar-refractivity contribution in [2.75, 3.05) is 13.6 Å². The molecular weight excluding hydrogens is 394 g/mol. The van der Waals surface area contributed by atoms with Crippen LogP contribution in [0.2, 0.25) is 0 Å². The Balaban J connectivity index is 1.35. The molecular formula is C24H27N3O4. The molecule has 7 heteroatoms. The smallest absolute Gasteiger partial charge is 0.230 e. The van der Waals surface area contributed by atoms with Gasteiger partial charge in [-0.3, -0.25) is 9.59 Å². The van der Waals surface area contributed by atoms with Crippen molar-refractivity contribution >= 4 is 11.8 Å². The minimum absolute atomic E-state index is 0.00709. The molecule has 2 unspecified atom stereocenters. The summed E-state index contributed by atoms with van der Waals surface area (Å²) in [5.74, 6) is -0.488. The van der Waals surface area contributed by atoms with Crippen LogP contribution in [0.5, 0.6) is 0 Å². The Morgan fingerprint density at radius 2 is 2.06 bits per heavy atom. The largest absolute Gasteiger partial charge is 0.360 e. The second-order valence-corrected chi connectivity index (χ2v) is 9.14. The molecule has 7 nitrogen and oxygen atoms in total. The maximum Gasteiger partial charge on any atom is 0.230 e. The normalized spacial score (nSPS) is 28.5. The molecule has 0 aliphatic carbocycles. The predicted octanol–water partition coefficient (Wildman–Crippen LogP) is 2.54. The van der Waals surface area contributed by atoms with Crippen molar-refractivity contribution in [1.29, 1.82) is 0 Å². The number of aryl methyl sites for hydroxylation is 3. The molecule has 162 valence electrons. The number of nitrogens with zero attached hydrogens (tertiary/aromatic N) is 3. The van der Waals surface area contributed by atoms with Crippen LogP contribution in [0.15, 0.2) is 40.9 Å². The van der Waals surface area contributed by atoms with Gasteiger partial charge in [0.2, 0.25) is 11.8 Å². The lowest BCUT2D eigenvalue weighted by Crippen LogP contribution is -2.44. The number of hydrogen-bond acceptors (Lipinski definition) is 5. The van der Waals surface area contributed by atoms with Gasteiger partial charge in [-0.05, 0) is 37.5 Å². The summed E-state index contributed by atoms with van der Waals surface area (Å²) in [7, 11) is 1.73. The number of carbonyl (C=O) groups is 2. The standard InChI is InChI=1S/C24H27N3O4/c1-14-5-6-17(9-15(14)2)11-27-13-24-8-7-19(30-24)20(21(24)23(27)29)22(28)26(4)12-18-10-16(3)25-31-18/h5-10,19-21H,11-13H2,1-4H3/t19-,20?,21?,24-/m0/s1. The zero-order chi connectivity index (χ0) is 21.9. The first-order valence-electron chi connectivity index (χ1n) is 10.7. The summed E-state index contributed by atoms with van der Waals surface area (Å²) in [6.45, 7) is 7.31. The van der Waals surface area contributed by atoms with Crippen molar-refractivity contribution in [3.63, 3.8) is 0 Å². The molecule has 4 heterocycles. The summed E-state index contributed by atoms with van der Waals surface area (Å²) in [5, 5.41) is 3.88. The van der Waals surface area contributed by atoms with Crippen LogP contribution in [0, 0.1) is 32.6 Å². The van der Waals surface area contributed by atoms with Crippen LogP contribution in [-0.2, 0) is 27.4 Å². The van der Waals surface area contributed by atoms with Crippen LogP contribution >= 0.6 is 0 Å². The summed E-state index contributed by atoms with van der Waals surface area (Å²) in [5.41, 5.74) is 3.59. The lowest BCUT2D eigenvalue weighted by molar-refractivity contribution is -0.143. The van der Waals surface area contributed by atoms with Gasteiger partial charge in [0.15, 0.2) is 5.76 Å². The van der Waals surface area contributed by atoms with E-state index in [9.17, 15) is 9.59 Å². The maximum atomic E-state index is 13.4. The molecule has 0 radical (unpaired) electrons. The van der Waals surface area contributed by atoms with Crippen LogP contribution in [0.1, 0.15) is 28.1 Å². The fourth-order valence-corrected chi connectivity index (χ4v) is 5.17. The predicted molar refractivity (Wildman–Crippen MR) is 113 cm³/mol. The molecule has 5 rings (SSSR count). The third kappa shape index (κ3) is 3.19. The van der Waals surface area contributed by atoms with E-state index in [0.717, 1.165) is 11.3 Å². The summed E-state index contributed by atoms with van der Waals surface area (Å²) < 4.78 is 11.5. The van der Waals surface area contributed by atoms with Gasteiger partial charge in [-0.25, -0.2) is 0 Å². The minimum Gasteiger partial charge on any atom is -0.360 e. The van der Waals surface area contributed by atoms with E-state index in [4.69, 9.17) is 9.26 Å². The Morgan fingerprint density at radius 1 is 1.26 bits per heavy atom. The minimum atomic E-state index is -0.703. The van der Waals surface area contributed by atoms with Crippen LogP contribution in [0.3, 0.4) is 0 Å². The Labute approximate surface area is 181 Å². The molecule has 2 fully saturated rings. The van der Waals surface area contributed by atoms with Gasteiger partial charge in [-0.2, -0.15) is 0 Å². The third-order valence-electron chi connectivity index (χ3n) is 6.85. The van der Waals surface area contributed by atoms with Crippen molar-refractivity contribution in [3.05, 3.63) is 64.6 Å². The first kappa shape index (κ1) is 20.0. The Hall–Kier alpha value is -2.93. The monoisotopic (exact) mass is 421 g/mol. The first-order chi connectivity index (χ1) is 14.8.